The Hall–Kier alpha value is -0.0431. The van der Waals surface area contributed by atoms with Crippen LogP contribution in [-0.4, -0.2) is 8.80 Å². The van der Waals surface area contributed by atoms with E-state index in [4.69, 9.17) is 0 Å². The van der Waals surface area contributed by atoms with E-state index < -0.39 is 0 Å². The molecule has 0 rings (SSSR count). The van der Waals surface area contributed by atoms with Gasteiger partial charge in [-0.3, -0.25) is 0 Å². The van der Waals surface area contributed by atoms with Gasteiger partial charge in [0.25, 0.3) is 0 Å². The maximum atomic E-state index is 3.75. The fourth-order valence-electron chi connectivity index (χ4n) is 1.01. The Morgan fingerprint density at radius 1 is 1.56 bits per heavy atom. The van der Waals surface area contributed by atoms with Gasteiger partial charge in [-0.1, -0.05) is 32.5 Å². The van der Waals surface area contributed by atoms with Crippen LogP contribution < -0.4 is 0 Å². The second-order valence-corrected chi connectivity index (χ2v) is 5.68. The lowest BCUT2D eigenvalue weighted by molar-refractivity contribution is 0.792. The minimum atomic E-state index is -0.0578. The first-order chi connectivity index (χ1) is 4.22. The second-order valence-electron chi connectivity index (χ2n) is 2.71. The largest absolute Gasteiger partial charge is 0.103 e. The monoisotopic (exact) mass is 141 g/mol. The second kappa shape index (κ2) is 4.80. The van der Waals surface area contributed by atoms with Gasteiger partial charge in [-0.25, -0.2) is 0 Å². The molecule has 0 amide bonds. The molecule has 0 spiro atoms. The Labute approximate surface area is 60.6 Å². The topological polar surface area (TPSA) is 0 Å². The molecule has 9 heavy (non-hydrogen) atoms. The first kappa shape index (κ1) is 8.96. The Balaban J connectivity index is 3.53. The molecular weight excluding hydrogens is 124 g/mol. The minimum Gasteiger partial charge on any atom is -0.103 e. The summed E-state index contributed by atoms with van der Waals surface area (Å²) in [4.78, 5) is 0. The molecule has 1 heteroatoms. The van der Waals surface area contributed by atoms with Gasteiger partial charge >= 0.3 is 0 Å². The van der Waals surface area contributed by atoms with Gasteiger partial charge in [0, 0.05) is 8.80 Å². The predicted octanol–water partition coefficient (Wildman–Crippen LogP) is 3.10. The Bertz CT molecular complexity index is 76.6. The summed E-state index contributed by atoms with van der Waals surface area (Å²) >= 11 is 0. The maximum Gasteiger partial charge on any atom is 0.0449 e. The van der Waals surface area contributed by atoms with Crippen molar-refractivity contribution in [3.63, 3.8) is 0 Å². The molecule has 0 bridgehead atoms. The van der Waals surface area contributed by atoms with E-state index in [0.29, 0.717) is 0 Å². The van der Waals surface area contributed by atoms with E-state index >= 15 is 0 Å². The van der Waals surface area contributed by atoms with Gasteiger partial charge in [0.2, 0.25) is 0 Å². The standard InChI is InChI=1S/C8H17Si/c1-5-7-8(6-2)9(3)4/h5,8H,1,6-7H2,2-4H3. The van der Waals surface area contributed by atoms with Gasteiger partial charge in [-0.2, -0.15) is 0 Å². The molecule has 0 nitrogen and oxygen atoms in total. The van der Waals surface area contributed by atoms with Crippen LogP contribution in [0.4, 0.5) is 0 Å². The number of rotatable bonds is 4. The van der Waals surface area contributed by atoms with Gasteiger partial charge in [0.1, 0.15) is 0 Å². The summed E-state index contributed by atoms with van der Waals surface area (Å²) < 4.78 is 0. The molecule has 1 atom stereocenters. The summed E-state index contributed by atoms with van der Waals surface area (Å²) in [6, 6.07) is 0. The Kier molecular flexibility index (Phi) is 4.78. The highest BCUT2D eigenvalue weighted by Gasteiger charge is 2.09. The molecule has 0 aromatic carbocycles. The third-order valence-corrected chi connectivity index (χ3v) is 4.04. The fraction of sp³-hybridized carbons (Fsp3) is 0.750. The van der Waals surface area contributed by atoms with Crippen molar-refractivity contribution in [1.29, 1.82) is 0 Å². The average molecular weight is 141 g/mol. The third kappa shape index (κ3) is 3.52. The number of hydrogen-bond donors (Lipinski definition) is 0. The Morgan fingerprint density at radius 2 is 2.11 bits per heavy atom. The number of allylic oxidation sites excluding steroid dienone is 1. The van der Waals surface area contributed by atoms with E-state index in [-0.39, 0.29) is 8.80 Å². The molecule has 1 unspecified atom stereocenters. The molecule has 0 saturated heterocycles. The van der Waals surface area contributed by atoms with E-state index in [1.54, 1.807) is 0 Å². The van der Waals surface area contributed by atoms with Crippen molar-refractivity contribution in [2.75, 3.05) is 0 Å². The van der Waals surface area contributed by atoms with Crippen molar-refractivity contribution < 1.29 is 0 Å². The third-order valence-electron chi connectivity index (χ3n) is 1.76. The van der Waals surface area contributed by atoms with Crippen LogP contribution >= 0.6 is 0 Å². The molecule has 0 saturated carbocycles. The molecule has 53 valence electrons. The predicted molar refractivity (Wildman–Crippen MR) is 46.3 cm³/mol. The van der Waals surface area contributed by atoms with Crippen LogP contribution in [0.15, 0.2) is 12.7 Å². The van der Waals surface area contributed by atoms with Crippen molar-refractivity contribution in [3.05, 3.63) is 12.7 Å². The van der Waals surface area contributed by atoms with Crippen LogP contribution in [0.3, 0.4) is 0 Å². The van der Waals surface area contributed by atoms with Crippen LogP contribution in [0, 0.1) is 0 Å². The quantitative estimate of drug-likeness (QED) is 0.417. The highest BCUT2D eigenvalue weighted by atomic mass is 28.3. The minimum absolute atomic E-state index is 0.0578. The molecular formula is C8H17Si. The first-order valence-electron chi connectivity index (χ1n) is 3.63. The summed E-state index contributed by atoms with van der Waals surface area (Å²) in [5.41, 5.74) is 0.951. The van der Waals surface area contributed by atoms with Gasteiger partial charge in [0.05, 0.1) is 0 Å². The average Bonchev–Trinajstić information content (AvgIpc) is 1.82. The highest BCUT2D eigenvalue weighted by molar-refractivity contribution is 6.57. The molecule has 0 aliphatic carbocycles. The van der Waals surface area contributed by atoms with Gasteiger partial charge in [-0.15, -0.1) is 6.58 Å². The van der Waals surface area contributed by atoms with Crippen molar-refractivity contribution in [1.82, 2.24) is 0 Å². The highest BCUT2D eigenvalue weighted by Crippen LogP contribution is 2.19. The summed E-state index contributed by atoms with van der Waals surface area (Å²) in [6.07, 6.45) is 4.59. The summed E-state index contributed by atoms with van der Waals surface area (Å²) in [6.45, 7) is 10.8. The van der Waals surface area contributed by atoms with E-state index in [2.05, 4.69) is 26.6 Å². The molecule has 0 aromatic rings. The zero-order chi connectivity index (χ0) is 7.28. The first-order valence-corrected chi connectivity index (χ1v) is 6.21. The lowest BCUT2D eigenvalue weighted by Crippen LogP contribution is -2.09. The lowest BCUT2D eigenvalue weighted by Gasteiger charge is -2.14. The smallest absolute Gasteiger partial charge is 0.0449 e. The van der Waals surface area contributed by atoms with E-state index in [1.165, 1.54) is 12.8 Å². The zero-order valence-corrected chi connectivity index (χ0v) is 7.78. The lowest BCUT2D eigenvalue weighted by atomic mass is 10.2. The van der Waals surface area contributed by atoms with E-state index in [0.717, 1.165) is 5.54 Å². The summed E-state index contributed by atoms with van der Waals surface area (Å²) in [7, 11) is -0.0578. The van der Waals surface area contributed by atoms with Gasteiger partial charge in [0.15, 0.2) is 0 Å². The van der Waals surface area contributed by atoms with Crippen molar-refractivity contribution in [2.45, 2.75) is 38.4 Å². The molecule has 0 aromatic heterocycles. The molecule has 1 radical (unpaired) electrons. The van der Waals surface area contributed by atoms with Crippen molar-refractivity contribution >= 4 is 8.80 Å². The normalized spacial score (nSPS) is 13.8. The molecule has 0 fully saturated rings. The summed E-state index contributed by atoms with van der Waals surface area (Å²) in [5, 5.41) is 0. The summed E-state index contributed by atoms with van der Waals surface area (Å²) in [5.74, 6) is 0. The SMILES string of the molecule is C=CCC(CC)[Si](C)C. The van der Waals surface area contributed by atoms with E-state index in [1.807, 2.05) is 6.08 Å². The van der Waals surface area contributed by atoms with Crippen LogP contribution in [0.25, 0.3) is 0 Å². The molecule has 0 aliphatic rings. The number of hydrogen-bond acceptors (Lipinski definition) is 0. The van der Waals surface area contributed by atoms with Gasteiger partial charge in [-0.05, 0) is 12.0 Å². The van der Waals surface area contributed by atoms with Crippen LogP contribution in [0.2, 0.25) is 18.6 Å². The molecule has 0 aliphatic heterocycles. The van der Waals surface area contributed by atoms with E-state index in [9.17, 15) is 0 Å². The fourth-order valence-corrected chi connectivity index (χ4v) is 2.47. The van der Waals surface area contributed by atoms with Crippen LogP contribution in [0.5, 0.6) is 0 Å². The van der Waals surface area contributed by atoms with Crippen molar-refractivity contribution in [3.8, 4) is 0 Å². The Morgan fingerprint density at radius 3 is 2.22 bits per heavy atom. The van der Waals surface area contributed by atoms with Crippen LogP contribution in [-0.2, 0) is 0 Å². The molecule has 0 heterocycles. The van der Waals surface area contributed by atoms with Crippen LogP contribution in [0.1, 0.15) is 19.8 Å². The maximum absolute atomic E-state index is 3.75. The molecule has 0 N–H and O–H groups in total. The zero-order valence-electron chi connectivity index (χ0n) is 6.78. The van der Waals surface area contributed by atoms with Crippen molar-refractivity contribution in [2.24, 2.45) is 0 Å². The van der Waals surface area contributed by atoms with Gasteiger partial charge < -0.3 is 0 Å².